The first-order chi connectivity index (χ1) is 9.99. The number of carboxylic acid groups (broad SMARTS) is 1. The number of benzene rings is 1. The van der Waals surface area contributed by atoms with Crippen molar-refractivity contribution >= 4 is 44.3 Å². The maximum absolute atomic E-state index is 12.1. The molecular formula is C13H11BrN2O4S. The molecule has 1 heterocycles. The van der Waals surface area contributed by atoms with Crippen molar-refractivity contribution in [3.63, 3.8) is 0 Å². The Morgan fingerprint density at radius 1 is 1.48 bits per heavy atom. The lowest BCUT2D eigenvalue weighted by Gasteiger charge is -2.06. The number of hydrogen-bond acceptors (Lipinski definition) is 5. The number of carbonyl (C=O) groups is 2. The number of hydrogen-bond donors (Lipinski definition) is 2. The predicted octanol–water partition coefficient (Wildman–Crippen LogP) is 2.79. The normalized spacial score (nSPS) is 10.2. The number of ether oxygens (including phenoxy) is 1. The van der Waals surface area contributed by atoms with E-state index in [2.05, 4.69) is 26.2 Å². The molecule has 8 heteroatoms. The average Bonchev–Trinajstić information content (AvgIpc) is 2.84. The second-order valence-corrected chi connectivity index (χ2v) is 5.73. The fourth-order valence-electron chi connectivity index (χ4n) is 1.58. The quantitative estimate of drug-likeness (QED) is 0.844. The molecule has 0 aliphatic carbocycles. The van der Waals surface area contributed by atoms with Gasteiger partial charge in [-0.15, -0.1) is 11.3 Å². The van der Waals surface area contributed by atoms with Gasteiger partial charge in [-0.1, -0.05) is 0 Å². The first kappa shape index (κ1) is 15.5. The second kappa shape index (κ2) is 6.68. The Labute approximate surface area is 132 Å². The Kier molecular flexibility index (Phi) is 4.92. The molecule has 1 aromatic heterocycles. The van der Waals surface area contributed by atoms with E-state index < -0.39 is 5.97 Å². The van der Waals surface area contributed by atoms with Crippen LogP contribution in [0.1, 0.15) is 16.1 Å². The van der Waals surface area contributed by atoms with Crippen LogP contribution in [-0.2, 0) is 11.2 Å². The smallest absolute Gasteiger partial charge is 0.309 e. The number of anilines is 1. The molecule has 0 unspecified atom stereocenters. The Balaban J connectivity index is 2.09. The van der Waals surface area contributed by atoms with Gasteiger partial charge >= 0.3 is 5.97 Å². The largest absolute Gasteiger partial charge is 0.496 e. The number of carbonyl (C=O) groups excluding carboxylic acids is 1. The molecule has 0 atom stereocenters. The molecule has 2 aromatic rings. The molecule has 2 N–H and O–H groups in total. The third kappa shape index (κ3) is 4.02. The summed E-state index contributed by atoms with van der Waals surface area (Å²) >= 11 is 4.49. The SMILES string of the molecule is COc1ccc(C(=O)Nc2nc(CC(=O)O)cs2)cc1Br. The van der Waals surface area contributed by atoms with E-state index in [9.17, 15) is 9.59 Å². The summed E-state index contributed by atoms with van der Waals surface area (Å²) in [6.45, 7) is 0. The average molecular weight is 371 g/mol. The highest BCUT2D eigenvalue weighted by Crippen LogP contribution is 2.26. The van der Waals surface area contributed by atoms with E-state index in [-0.39, 0.29) is 12.3 Å². The standard InChI is InChI=1S/C13H11BrN2O4S/c1-20-10-3-2-7(4-9(10)14)12(19)16-13-15-8(6-21-13)5-11(17)18/h2-4,6H,5H2,1H3,(H,17,18)(H,15,16,19). The molecule has 0 aliphatic heterocycles. The molecule has 0 radical (unpaired) electrons. The summed E-state index contributed by atoms with van der Waals surface area (Å²) in [5.41, 5.74) is 0.858. The molecule has 0 saturated heterocycles. The Bertz CT molecular complexity index is 687. The van der Waals surface area contributed by atoms with Crippen LogP contribution >= 0.6 is 27.3 Å². The van der Waals surface area contributed by atoms with Gasteiger partial charge in [0.15, 0.2) is 5.13 Å². The van der Waals surface area contributed by atoms with Crippen LogP contribution in [0.25, 0.3) is 0 Å². The number of carboxylic acids is 1. The Morgan fingerprint density at radius 3 is 2.86 bits per heavy atom. The van der Waals surface area contributed by atoms with Crippen LogP contribution in [0.2, 0.25) is 0 Å². The lowest BCUT2D eigenvalue weighted by atomic mass is 10.2. The van der Waals surface area contributed by atoms with Crippen LogP contribution in [0.15, 0.2) is 28.1 Å². The number of aliphatic carboxylic acids is 1. The van der Waals surface area contributed by atoms with Gasteiger partial charge in [-0.2, -0.15) is 0 Å². The molecule has 0 fully saturated rings. The van der Waals surface area contributed by atoms with Crippen molar-refractivity contribution in [2.75, 3.05) is 12.4 Å². The van der Waals surface area contributed by atoms with Gasteiger partial charge in [-0.05, 0) is 34.1 Å². The van der Waals surface area contributed by atoms with Gasteiger partial charge in [-0.3, -0.25) is 14.9 Å². The number of nitrogens with zero attached hydrogens (tertiary/aromatic N) is 1. The molecule has 0 bridgehead atoms. The first-order valence-corrected chi connectivity index (χ1v) is 7.48. The second-order valence-electron chi connectivity index (χ2n) is 4.02. The van der Waals surface area contributed by atoms with E-state index in [0.717, 1.165) is 0 Å². The van der Waals surface area contributed by atoms with Gasteiger partial charge in [0.2, 0.25) is 0 Å². The molecular weight excluding hydrogens is 360 g/mol. The topological polar surface area (TPSA) is 88.5 Å². The molecule has 0 aliphatic rings. The van der Waals surface area contributed by atoms with E-state index in [1.165, 1.54) is 11.3 Å². The summed E-state index contributed by atoms with van der Waals surface area (Å²) in [5, 5.41) is 13.3. The van der Waals surface area contributed by atoms with E-state index in [1.54, 1.807) is 30.7 Å². The van der Waals surface area contributed by atoms with E-state index in [4.69, 9.17) is 9.84 Å². The number of aromatic nitrogens is 1. The van der Waals surface area contributed by atoms with Crippen LogP contribution in [0.4, 0.5) is 5.13 Å². The molecule has 1 amide bonds. The van der Waals surface area contributed by atoms with Crippen LogP contribution in [0, 0.1) is 0 Å². The Morgan fingerprint density at radius 2 is 2.24 bits per heavy atom. The molecule has 6 nitrogen and oxygen atoms in total. The number of nitrogens with one attached hydrogen (secondary N) is 1. The summed E-state index contributed by atoms with van der Waals surface area (Å²) in [5.74, 6) is -0.656. The number of rotatable bonds is 5. The van der Waals surface area contributed by atoms with Gasteiger partial charge in [0.1, 0.15) is 5.75 Å². The number of amides is 1. The minimum absolute atomic E-state index is 0.166. The van der Waals surface area contributed by atoms with Crippen LogP contribution < -0.4 is 10.1 Å². The van der Waals surface area contributed by atoms with Gasteiger partial charge in [0, 0.05) is 10.9 Å². The number of thiazole rings is 1. The highest BCUT2D eigenvalue weighted by Gasteiger charge is 2.12. The molecule has 21 heavy (non-hydrogen) atoms. The predicted molar refractivity (Wildman–Crippen MR) is 82.1 cm³/mol. The van der Waals surface area contributed by atoms with Crippen LogP contribution in [0.5, 0.6) is 5.75 Å². The third-order valence-corrected chi connectivity index (χ3v) is 3.94. The van der Waals surface area contributed by atoms with Crippen LogP contribution in [0.3, 0.4) is 0 Å². The summed E-state index contributed by atoms with van der Waals surface area (Å²) in [6, 6.07) is 4.95. The third-order valence-electron chi connectivity index (χ3n) is 2.52. The fraction of sp³-hybridized carbons (Fsp3) is 0.154. The monoisotopic (exact) mass is 370 g/mol. The maximum Gasteiger partial charge on any atom is 0.309 e. The summed E-state index contributed by atoms with van der Waals surface area (Å²) in [4.78, 5) is 26.7. The van der Waals surface area contributed by atoms with Crippen molar-refractivity contribution in [2.45, 2.75) is 6.42 Å². The number of halogens is 1. The highest BCUT2D eigenvalue weighted by molar-refractivity contribution is 9.10. The van der Waals surface area contributed by atoms with E-state index in [1.807, 2.05) is 0 Å². The molecule has 110 valence electrons. The van der Waals surface area contributed by atoms with E-state index >= 15 is 0 Å². The summed E-state index contributed by atoms with van der Waals surface area (Å²) < 4.78 is 5.76. The van der Waals surface area contributed by atoms with Crippen molar-refractivity contribution in [2.24, 2.45) is 0 Å². The zero-order valence-corrected chi connectivity index (χ0v) is 13.3. The molecule has 1 aromatic carbocycles. The van der Waals surface area contributed by atoms with Gasteiger partial charge in [-0.25, -0.2) is 4.98 Å². The Hall–Kier alpha value is -1.93. The van der Waals surface area contributed by atoms with E-state index in [0.29, 0.717) is 26.6 Å². The molecule has 0 spiro atoms. The van der Waals surface area contributed by atoms with Crippen molar-refractivity contribution in [1.82, 2.24) is 4.98 Å². The van der Waals surface area contributed by atoms with Crippen molar-refractivity contribution in [3.05, 3.63) is 39.3 Å². The highest BCUT2D eigenvalue weighted by atomic mass is 79.9. The first-order valence-electron chi connectivity index (χ1n) is 5.80. The molecule has 2 rings (SSSR count). The minimum Gasteiger partial charge on any atom is -0.496 e. The van der Waals surface area contributed by atoms with Crippen molar-refractivity contribution in [1.29, 1.82) is 0 Å². The van der Waals surface area contributed by atoms with Crippen LogP contribution in [-0.4, -0.2) is 29.1 Å². The van der Waals surface area contributed by atoms with Crippen molar-refractivity contribution < 1.29 is 19.4 Å². The minimum atomic E-state index is -0.961. The lowest BCUT2D eigenvalue weighted by molar-refractivity contribution is -0.136. The fourth-order valence-corrected chi connectivity index (χ4v) is 2.82. The lowest BCUT2D eigenvalue weighted by Crippen LogP contribution is -2.12. The van der Waals surface area contributed by atoms with Crippen molar-refractivity contribution in [3.8, 4) is 5.75 Å². The zero-order chi connectivity index (χ0) is 15.4. The zero-order valence-electron chi connectivity index (χ0n) is 10.9. The summed E-state index contributed by atoms with van der Waals surface area (Å²) in [6.07, 6.45) is -0.166. The maximum atomic E-state index is 12.1. The van der Waals surface area contributed by atoms with Gasteiger partial charge in [0.05, 0.1) is 23.7 Å². The number of methoxy groups -OCH3 is 1. The van der Waals surface area contributed by atoms with Gasteiger partial charge in [0.25, 0.3) is 5.91 Å². The summed E-state index contributed by atoms with van der Waals surface area (Å²) in [7, 11) is 1.54. The van der Waals surface area contributed by atoms with Gasteiger partial charge < -0.3 is 9.84 Å². The molecule has 0 saturated carbocycles.